The van der Waals surface area contributed by atoms with Crippen molar-refractivity contribution in [2.75, 3.05) is 38.1 Å². The van der Waals surface area contributed by atoms with Crippen LogP contribution in [0.4, 0.5) is 5.69 Å². The molecule has 3 rings (SSSR count). The molecule has 2 aliphatic rings. The molecule has 0 aliphatic carbocycles. The molecule has 0 unspecified atom stereocenters. The molecule has 146 valence electrons. The Labute approximate surface area is 159 Å². The van der Waals surface area contributed by atoms with Crippen LogP contribution in [-0.4, -0.2) is 60.3 Å². The molecule has 1 N–H and O–H groups in total. The number of carbonyl (C=O) groups excluding carboxylic acids is 3. The van der Waals surface area contributed by atoms with Crippen LogP contribution in [0.5, 0.6) is 5.75 Å². The Bertz CT molecular complexity index is 754. The zero-order chi connectivity index (χ0) is 19.6. The summed E-state index contributed by atoms with van der Waals surface area (Å²) in [6.07, 6.45) is 1.04. The molecule has 0 bridgehead atoms. The molecule has 1 saturated heterocycles. The highest BCUT2D eigenvalue weighted by Crippen LogP contribution is 2.28. The number of anilines is 1. The third-order valence-corrected chi connectivity index (χ3v) is 4.81. The number of ether oxygens (including phenoxy) is 1. The van der Waals surface area contributed by atoms with E-state index in [2.05, 4.69) is 5.32 Å². The number of hydrogen-bond acceptors (Lipinski definition) is 4. The van der Waals surface area contributed by atoms with Crippen molar-refractivity contribution >= 4 is 23.4 Å². The summed E-state index contributed by atoms with van der Waals surface area (Å²) in [5.41, 5.74) is 1.03. The minimum atomic E-state index is -0.408. The smallest absolute Gasteiger partial charge is 0.262 e. The first-order chi connectivity index (χ1) is 12.7. The van der Waals surface area contributed by atoms with Crippen molar-refractivity contribution < 1.29 is 19.1 Å². The van der Waals surface area contributed by atoms with E-state index in [1.54, 1.807) is 12.1 Å². The summed E-state index contributed by atoms with van der Waals surface area (Å²) in [6, 6.07) is 5.42. The molecule has 1 fully saturated rings. The van der Waals surface area contributed by atoms with Gasteiger partial charge in [-0.25, -0.2) is 0 Å². The number of amides is 3. The lowest BCUT2D eigenvalue weighted by Gasteiger charge is -2.28. The average Bonchev–Trinajstić information content (AvgIpc) is 2.86. The van der Waals surface area contributed by atoms with Gasteiger partial charge in [0.1, 0.15) is 5.75 Å². The van der Waals surface area contributed by atoms with Gasteiger partial charge in [-0.3, -0.25) is 14.4 Å². The van der Waals surface area contributed by atoms with Crippen molar-refractivity contribution in [1.82, 2.24) is 9.80 Å². The van der Waals surface area contributed by atoms with Crippen LogP contribution >= 0.6 is 0 Å². The molecule has 3 amide bonds. The molecule has 0 aromatic heterocycles. The molecule has 2 heterocycles. The fourth-order valence-electron chi connectivity index (χ4n) is 3.37. The van der Waals surface area contributed by atoms with Crippen LogP contribution in [0.2, 0.25) is 0 Å². The van der Waals surface area contributed by atoms with Crippen molar-refractivity contribution in [2.45, 2.75) is 33.6 Å². The lowest BCUT2D eigenvalue weighted by molar-refractivity contribution is -0.139. The van der Waals surface area contributed by atoms with E-state index in [-0.39, 0.29) is 30.7 Å². The molecule has 1 aromatic rings. The van der Waals surface area contributed by atoms with Gasteiger partial charge in [-0.15, -0.1) is 0 Å². The van der Waals surface area contributed by atoms with Gasteiger partial charge in [0, 0.05) is 31.6 Å². The predicted molar refractivity (Wildman–Crippen MR) is 102 cm³/mol. The van der Waals surface area contributed by atoms with Gasteiger partial charge in [-0.05, 0) is 24.1 Å². The molecular formula is C20H27N3O4. The molecule has 2 aliphatic heterocycles. The number of rotatable bonds is 2. The number of nitrogens with zero attached hydrogens (tertiary/aromatic N) is 2. The maximum Gasteiger partial charge on any atom is 0.262 e. The standard InChI is InChI=1S/C20H27N3O4/c1-20(2,3)19(26)23-8-4-7-22(9-10-23)18(25)12-14-5-6-16-15(11-14)21-17(24)13-27-16/h5-6,11H,4,7-10,12-13H2,1-3H3,(H,21,24). The van der Waals surface area contributed by atoms with Crippen LogP contribution in [0.1, 0.15) is 32.8 Å². The number of fused-ring (bicyclic) bond motifs is 1. The minimum Gasteiger partial charge on any atom is -0.482 e. The summed E-state index contributed by atoms with van der Waals surface area (Å²) in [6.45, 7) is 8.22. The van der Waals surface area contributed by atoms with E-state index >= 15 is 0 Å². The van der Waals surface area contributed by atoms with Crippen LogP contribution in [-0.2, 0) is 20.8 Å². The second kappa shape index (κ2) is 7.58. The fraction of sp³-hybridized carbons (Fsp3) is 0.550. The van der Waals surface area contributed by atoms with Crippen molar-refractivity contribution in [3.05, 3.63) is 23.8 Å². The van der Waals surface area contributed by atoms with Gasteiger partial charge in [-0.1, -0.05) is 26.8 Å². The Morgan fingerprint density at radius 3 is 2.56 bits per heavy atom. The van der Waals surface area contributed by atoms with E-state index in [0.29, 0.717) is 37.6 Å². The summed E-state index contributed by atoms with van der Waals surface area (Å²) in [5.74, 6) is 0.587. The van der Waals surface area contributed by atoms with E-state index in [0.717, 1.165) is 12.0 Å². The monoisotopic (exact) mass is 373 g/mol. The van der Waals surface area contributed by atoms with Gasteiger partial charge in [0.05, 0.1) is 12.1 Å². The lowest BCUT2D eigenvalue weighted by atomic mass is 9.94. The van der Waals surface area contributed by atoms with E-state index in [1.165, 1.54) is 0 Å². The highest BCUT2D eigenvalue weighted by atomic mass is 16.5. The maximum atomic E-state index is 12.7. The zero-order valence-electron chi connectivity index (χ0n) is 16.2. The topological polar surface area (TPSA) is 79.0 Å². The Morgan fingerprint density at radius 2 is 1.81 bits per heavy atom. The highest BCUT2D eigenvalue weighted by Gasteiger charge is 2.29. The zero-order valence-corrected chi connectivity index (χ0v) is 16.2. The number of benzene rings is 1. The van der Waals surface area contributed by atoms with Gasteiger partial charge >= 0.3 is 0 Å². The SMILES string of the molecule is CC(C)(C)C(=O)N1CCCN(C(=O)Cc2ccc3c(c2)NC(=O)CO3)CC1. The van der Waals surface area contributed by atoms with Crippen molar-refractivity contribution in [2.24, 2.45) is 5.41 Å². The van der Waals surface area contributed by atoms with Gasteiger partial charge < -0.3 is 19.9 Å². The Balaban J connectivity index is 1.61. The summed E-state index contributed by atoms with van der Waals surface area (Å²) < 4.78 is 5.35. The number of carbonyl (C=O) groups is 3. The van der Waals surface area contributed by atoms with E-state index in [4.69, 9.17) is 4.74 Å². The van der Waals surface area contributed by atoms with Crippen molar-refractivity contribution in [3.63, 3.8) is 0 Å². The van der Waals surface area contributed by atoms with E-state index in [1.807, 2.05) is 36.6 Å². The van der Waals surface area contributed by atoms with Crippen LogP contribution in [0.25, 0.3) is 0 Å². The molecule has 0 spiro atoms. The predicted octanol–water partition coefficient (Wildman–Crippen LogP) is 1.67. The summed E-state index contributed by atoms with van der Waals surface area (Å²) in [4.78, 5) is 40.4. The molecule has 0 radical (unpaired) electrons. The van der Waals surface area contributed by atoms with Gasteiger partial charge in [-0.2, -0.15) is 0 Å². The summed E-state index contributed by atoms with van der Waals surface area (Å²) in [7, 11) is 0. The highest BCUT2D eigenvalue weighted by molar-refractivity contribution is 5.95. The average molecular weight is 373 g/mol. The second-order valence-electron chi connectivity index (χ2n) is 8.12. The van der Waals surface area contributed by atoms with E-state index < -0.39 is 5.41 Å². The van der Waals surface area contributed by atoms with Crippen LogP contribution in [0.15, 0.2) is 18.2 Å². The largest absolute Gasteiger partial charge is 0.482 e. The molecule has 0 atom stereocenters. The first kappa shape index (κ1) is 19.2. The number of hydrogen-bond donors (Lipinski definition) is 1. The Hall–Kier alpha value is -2.57. The third-order valence-electron chi connectivity index (χ3n) is 4.81. The van der Waals surface area contributed by atoms with Crippen LogP contribution < -0.4 is 10.1 Å². The second-order valence-corrected chi connectivity index (χ2v) is 8.12. The van der Waals surface area contributed by atoms with Crippen LogP contribution in [0.3, 0.4) is 0 Å². The lowest BCUT2D eigenvalue weighted by Crippen LogP contribution is -2.42. The Morgan fingerprint density at radius 1 is 1.11 bits per heavy atom. The summed E-state index contributed by atoms with van der Waals surface area (Å²) >= 11 is 0. The molecule has 7 heteroatoms. The van der Waals surface area contributed by atoms with Gasteiger partial charge in [0.2, 0.25) is 11.8 Å². The molecule has 0 saturated carbocycles. The molecular weight excluding hydrogens is 346 g/mol. The molecule has 7 nitrogen and oxygen atoms in total. The first-order valence-corrected chi connectivity index (χ1v) is 9.37. The fourth-order valence-corrected chi connectivity index (χ4v) is 3.37. The third kappa shape index (κ3) is 4.59. The van der Waals surface area contributed by atoms with Crippen molar-refractivity contribution in [1.29, 1.82) is 0 Å². The van der Waals surface area contributed by atoms with E-state index in [9.17, 15) is 14.4 Å². The maximum absolute atomic E-state index is 12.7. The molecule has 27 heavy (non-hydrogen) atoms. The van der Waals surface area contributed by atoms with Crippen LogP contribution in [0, 0.1) is 5.41 Å². The van der Waals surface area contributed by atoms with Gasteiger partial charge in [0.15, 0.2) is 6.61 Å². The quantitative estimate of drug-likeness (QED) is 0.855. The number of nitrogens with one attached hydrogen (secondary N) is 1. The van der Waals surface area contributed by atoms with Gasteiger partial charge in [0.25, 0.3) is 5.91 Å². The first-order valence-electron chi connectivity index (χ1n) is 9.37. The van der Waals surface area contributed by atoms with Crippen molar-refractivity contribution in [3.8, 4) is 5.75 Å². The summed E-state index contributed by atoms with van der Waals surface area (Å²) in [5, 5.41) is 2.76. The normalized spacial score (nSPS) is 17.5. The molecule has 1 aromatic carbocycles. The minimum absolute atomic E-state index is 0.0167. The Kier molecular flexibility index (Phi) is 5.39.